The smallest absolute Gasteiger partial charge is 0.342 e. The molecule has 1 aliphatic rings. The molecule has 0 aliphatic carbocycles. The fourth-order valence-electron chi connectivity index (χ4n) is 4.36. The SMILES string of the molecule is CCOC(=O)c1ccc(N(CC)C(=S)Oc2c(C/C=C(\C)CCC(=O)O)c(OC)c(C)c3c2C(=O)OC3)cc1. The maximum Gasteiger partial charge on any atom is 0.342 e. The van der Waals surface area contributed by atoms with E-state index < -0.39 is 17.9 Å². The lowest BCUT2D eigenvalue weighted by Gasteiger charge is -2.26. The Morgan fingerprint density at radius 3 is 2.44 bits per heavy atom. The normalized spacial score (nSPS) is 12.4. The summed E-state index contributed by atoms with van der Waals surface area (Å²) in [6.45, 7) is 8.19. The molecule has 0 unspecified atom stereocenters. The molecule has 0 saturated heterocycles. The molecule has 208 valence electrons. The van der Waals surface area contributed by atoms with Gasteiger partial charge < -0.3 is 29.0 Å². The molecule has 0 spiro atoms. The van der Waals surface area contributed by atoms with E-state index in [9.17, 15) is 14.4 Å². The van der Waals surface area contributed by atoms with Gasteiger partial charge in [-0.2, -0.15) is 0 Å². The van der Waals surface area contributed by atoms with Crippen LogP contribution in [0.3, 0.4) is 0 Å². The molecule has 0 saturated carbocycles. The summed E-state index contributed by atoms with van der Waals surface area (Å²) in [5, 5.41) is 9.12. The zero-order chi connectivity index (χ0) is 28.7. The van der Waals surface area contributed by atoms with Crippen LogP contribution in [0.2, 0.25) is 0 Å². The molecule has 1 N–H and O–H groups in total. The van der Waals surface area contributed by atoms with E-state index in [2.05, 4.69) is 0 Å². The van der Waals surface area contributed by atoms with E-state index in [0.717, 1.165) is 11.1 Å². The maximum absolute atomic E-state index is 12.8. The number of benzene rings is 2. The quantitative estimate of drug-likeness (QED) is 0.220. The van der Waals surface area contributed by atoms with Gasteiger partial charge in [0.05, 0.1) is 19.3 Å². The lowest BCUT2D eigenvalue weighted by molar-refractivity contribution is -0.136. The van der Waals surface area contributed by atoms with Crippen LogP contribution < -0.4 is 14.4 Å². The summed E-state index contributed by atoms with van der Waals surface area (Å²) in [5.74, 6) is -0.995. The Kier molecular flexibility index (Phi) is 10.1. The molecule has 2 aromatic carbocycles. The van der Waals surface area contributed by atoms with Crippen molar-refractivity contribution in [3.63, 3.8) is 0 Å². The Balaban J connectivity index is 2.00. The predicted octanol–water partition coefficient (Wildman–Crippen LogP) is 5.39. The number of carbonyl (C=O) groups excluding carboxylic acids is 2. The van der Waals surface area contributed by atoms with Crippen LogP contribution in [-0.2, 0) is 27.3 Å². The molecule has 2 aromatic rings. The minimum Gasteiger partial charge on any atom is -0.496 e. The highest BCUT2D eigenvalue weighted by Crippen LogP contribution is 2.43. The van der Waals surface area contributed by atoms with Gasteiger partial charge in [0.15, 0.2) is 5.75 Å². The molecule has 0 amide bonds. The summed E-state index contributed by atoms with van der Waals surface area (Å²) in [5.41, 5.74) is 4.34. The van der Waals surface area contributed by atoms with Crippen LogP contribution in [0.15, 0.2) is 35.9 Å². The first-order valence-corrected chi connectivity index (χ1v) is 13.1. The molecule has 0 bridgehead atoms. The van der Waals surface area contributed by atoms with Gasteiger partial charge in [-0.25, -0.2) is 9.59 Å². The Bertz CT molecular complexity index is 1300. The number of carbonyl (C=O) groups is 3. The van der Waals surface area contributed by atoms with Gasteiger partial charge in [0.1, 0.15) is 17.9 Å². The Hall–Kier alpha value is -3.92. The second kappa shape index (κ2) is 13.2. The zero-order valence-corrected chi connectivity index (χ0v) is 23.6. The number of allylic oxidation sites excluding steroid dienone is 2. The molecule has 9 nitrogen and oxygen atoms in total. The van der Waals surface area contributed by atoms with E-state index in [1.165, 1.54) is 0 Å². The zero-order valence-electron chi connectivity index (χ0n) is 22.8. The molecule has 1 aliphatic heterocycles. The number of ether oxygens (including phenoxy) is 4. The minimum absolute atomic E-state index is 0.0167. The standard InChI is InChI=1S/C29H33NO8S/c1-6-30(20-12-10-19(11-13-20)27(33)36-7-2)29(39)38-26-21(14-8-17(3)9-15-23(31)32)25(35-5)18(4)22-16-37-28(34)24(22)26/h8,10-13H,6-7,9,14-16H2,1-5H3,(H,31,32)/b17-8+. The number of cyclic esters (lactones) is 1. The number of thiocarbonyl (C=S) groups is 1. The average molecular weight is 556 g/mol. The van der Waals surface area contributed by atoms with Gasteiger partial charge in [-0.1, -0.05) is 11.6 Å². The molecule has 3 rings (SSSR count). The van der Waals surface area contributed by atoms with Crippen LogP contribution in [0.25, 0.3) is 0 Å². The monoisotopic (exact) mass is 555 g/mol. The lowest BCUT2D eigenvalue weighted by Crippen LogP contribution is -2.33. The summed E-state index contributed by atoms with van der Waals surface area (Å²) in [6, 6.07) is 6.79. The van der Waals surface area contributed by atoms with Crippen LogP contribution >= 0.6 is 12.2 Å². The van der Waals surface area contributed by atoms with Gasteiger partial charge in [0.25, 0.3) is 5.17 Å². The highest BCUT2D eigenvalue weighted by atomic mass is 32.1. The van der Waals surface area contributed by atoms with Gasteiger partial charge in [0.2, 0.25) is 0 Å². The van der Waals surface area contributed by atoms with Gasteiger partial charge >= 0.3 is 17.9 Å². The number of rotatable bonds is 11. The third-order valence-electron chi connectivity index (χ3n) is 6.43. The Labute approximate surface area is 233 Å². The van der Waals surface area contributed by atoms with Crippen molar-refractivity contribution in [1.29, 1.82) is 0 Å². The maximum atomic E-state index is 12.8. The van der Waals surface area contributed by atoms with Crippen molar-refractivity contribution >= 4 is 41.0 Å². The minimum atomic E-state index is -0.874. The highest BCUT2D eigenvalue weighted by Gasteiger charge is 2.34. The molecular weight excluding hydrogens is 522 g/mol. The van der Waals surface area contributed by atoms with Crippen LogP contribution in [-0.4, -0.2) is 48.5 Å². The third kappa shape index (κ3) is 6.75. The number of esters is 2. The average Bonchev–Trinajstić information content (AvgIpc) is 3.30. The van der Waals surface area contributed by atoms with Gasteiger partial charge in [-0.15, -0.1) is 0 Å². The van der Waals surface area contributed by atoms with E-state index in [-0.39, 0.29) is 30.6 Å². The largest absolute Gasteiger partial charge is 0.496 e. The second-order valence-electron chi connectivity index (χ2n) is 8.92. The summed E-state index contributed by atoms with van der Waals surface area (Å²) < 4.78 is 22.4. The number of fused-ring (bicyclic) bond motifs is 1. The van der Waals surface area contributed by atoms with Crippen LogP contribution in [0.5, 0.6) is 11.5 Å². The molecule has 0 fully saturated rings. The summed E-state index contributed by atoms with van der Waals surface area (Å²) in [6.07, 6.45) is 2.63. The van der Waals surface area contributed by atoms with Crippen molar-refractivity contribution in [1.82, 2.24) is 0 Å². The van der Waals surface area contributed by atoms with E-state index >= 15 is 0 Å². The van der Waals surface area contributed by atoms with Crippen LogP contribution in [0.4, 0.5) is 5.69 Å². The third-order valence-corrected chi connectivity index (χ3v) is 6.73. The molecule has 0 radical (unpaired) electrons. The molecule has 39 heavy (non-hydrogen) atoms. The molecule has 0 atom stereocenters. The van der Waals surface area contributed by atoms with Crippen molar-refractivity contribution < 1.29 is 38.4 Å². The van der Waals surface area contributed by atoms with E-state index in [1.54, 1.807) is 43.2 Å². The van der Waals surface area contributed by atoms with Crippen molar-refractivity contribution in [2.75, 3.05) is 25.2 Å². The lowest BCUT2D eigenvalue weighted by atomic mass is 9.94. The molecular formula is C29H33NO8S. The van der Waals surface area contributed by atoms with Crippen LogP contribution in [0.1, 0.15) is 71.0 Å². The number of hydrogen-bond acceptors (Lipinski definition) is 8. The number of aliphatic carboxylic acids is 1. The summed E-state index contributed by atoms with van der Waals surface area (Å²) in [7, 11) is 1.54. The van der Waals surface area contributed by atoms with Gasteiger partial charge in [0, 0.05) is 29.8 Å². The summed E-state index contributed by atoms with van der Waals surface area (Å²) in [4.78, 5) is 37.6. The van der Waals surface area contributed by atoms with Crippen molar-refractivity contribution in [2.45, 2.75) is 53.6 Å². The number of carboxylic acids is 1. The number of carboxylic acid groups (broad SMARTS) is 1. The fraction of sp³-hybridized carbons (Fsp3) is 0.379. The predicted molar refractivity (Wildman–Crippen MR) is 150 cm³/mol. The summed E-state index contributed by atoms with van der Waals surface area (Å²) >= 11 is 5.69. The molecule has 1 heterocycles. The highest BCUT2D eigenvalue weighted by molar-refractivity contribution is 7.80. The first-order chi connectivity index (χ1) is 18.6. The first kappa shape index (κ1) is 29.6. The first-order valence-electron chi connectivity index (χ1n) is 12.7. The van der Waals surface area contributed by atoms with Crippen molar-refractivity contribution in [3.05, 3.63) is 63.7 Å². The van der Waals surface area contributed by atoms with Crippen molar-refractivity contribution in [3.8, 4) is 11.5 Å². The van der Waals surface area contributed by atoms with Crippen molar-refractivity contribution in [2.24, 2.45) is 0 Å². The van der Waals surface area contributed by atoms with E-state index in [1.807, 2.05) is 26.8 Å². The number of nitrogens with zero attached hydrogens (tertiary/aromatic N) is 1. The van der Waals surface area contributed by atoms with Gasteiger partial charge in [-0.05, 0) is 82.6 Å². The number of hydrogen-bond donors (Lipinski definition) is 1. The molecule has 0 aromatic heterocycles. The number of anilines is 1. The topological polar surface area (TPSA) is 112 Å². The van der Waals surface area contributed by atoms with E-state index in [0.29, 0.717) is 53.1 Å². The second-order valence-corrected chi connectivity index (χ2v) is 9.27. The Morgan fingerprint density at radius 2 is 1.85 bits per heavy atom. The molecule has 10 heteroatoms. The van der Waals surface area contributed by atoms with Gasteiger partial charge in [-0.3, -0.25) is 4.79 Å². The fourth-order valence-corrected chi connectivity index (χ4v) is 4.67. The Morgan fingerprint density at radius 1 is 1.15 bits per heavy atom. The van der Waals surface area contributed by atoms with E-state index in [4.69, 9.17) is 36.3 Å². The van der Waals surface area contributed by atoms with Crippen LogP contribution in [0, 0.1) is 6.92 Å². The number of methoxy groups -OCH3 is 1.